The first-order valence-electron chi connectivity index (χ1n) is 10.4. The Balaban J connectivity index is 1.74. The highest BCUT2D eigenvalue weighted by Crippen LogP contribution is 2.34. The molecule has 1 saturated carbocycles. The maximum absolute atomic E-state index is 13.2. The second-order valence-corrected chi connectivity index (χ2v) is 11.0. The Labute approximate surface area is 186 Å². The van der Waals surface area contributed by atoms with Crippen LogP contribution in [0.25, 0.3) is 16.2 Å². The summed E-state index contributed by atoms with van der Waals surface area (Å²) in [7, 11) is -2.35. The Morgan fingerprint density at radius 3 is 2.61 bits per heavy atom. The van der Waals surface area contributed by atoms with Gasteiger partial charge in [0.05, 0.1) is 24.6 Å². The van der Waals surface area contributed by atoms with E-state index in [0.717, 1.165) is 21.4 Å². The van der Waals surface area contributed by atoms with E-state index >= 15 is 0 Å². The topological polar surface area (TPSA) is 106 Å². The van der Waals surface area contributed by atoms with E-state index in [9.17, 15) is 13.5 Å². The van der Waals surface area contributed by atoms with Crippen LogP contribution in [0.2, 0.25) is 0 Å². The van der Waals surface area contributed by atoms with Crippen molar-refractivity contribution in [1.29, 1.82) is 0 Å². The molecule has 0 unspecified atom stereocenters. The minimum Gasteiger partial charge on any atom is -0.495 e. The Hall–Kier alpha value is -2.01. The van der Waals surface area contributed by atoms with Crippen LogP contribution >= 0.6 is 11.3 Å². The van der Waals surface area contributed by atoms with Gasteiger partial charge in [0.25, 0.3) is 0 Å². The molecule has 168 valence electrons. The Bertz CT molecular complexity index is 1190. The van der Waals surface area contributed by atoms with Crippen LogP contribution in [-0.4, -0.2) is 47.4 Å². The molecule has 0 aliphatic heterocycles. The molecular weight excluding hydrogens is 436 g/mol. The quantitative estimate of drug-likeness (QED) is 0.579. The van der Waals surface area contributed by atoms with E-state index in [1.165, 1.54) is 7.11 Å². The number of imidazole rings is 1. The van der Waals surface area contributed by atoms with Crippen molar-refractivity contribution in [2.45, 2.75) is 69.4 Å². The molecule has 1 aromatic carbocycles. The molecule has 2 aromatic heterocycles. The number of nitrogens with one attached hydrogen (secondary N) is 1. The molecular formula is C21H28N4O4S2. The molecule has 31 heavy (non-hydrogen) atoms. The van der Waals surface area contributed by atoms with Gasteiger partial charge in [0.1, 0.15) is 15.7 Å². The van der Waals surface area contributed by atoms with Crippen molar-refractivity contribution in [2.24, 2.45) is 0 Å². The fourth-order valence-electron chi connectivity index (χ4n) is 3.94. The standard InChI is InChI=1S/C21H28N4O4S2/c1-12(2)20-23-25-19(13(3)22-21(25)30-20)14-5-10-17(29-4)18(11-14)31(27,28)24-15-6-8-16(26)9-7-15/h5,10-12,15-16,24,26H,6-9H2,1-4H3/t15-,16+. The van der Waals surface area contributed by atoms with E-state index in [4.69, 9.17) is 9.84 Å². The van der Waals surface area contributed by atoms with E-state index in [1.807, 2.05) is 13.0 Å². The maximum atomic E-state index is 13.2. The lowest BCUT2D eigenvalue weighted by Gasteiger charge is -2.26. The number of aryl methyl sites for hydroxylation is 1. The van der Waals surface area contributed by atoms with Crippen LogP contribution in [-0.2, 0) is 10.0 Å². The minimum atomic E-state index is -3.81. The number of aliphatic hydroxyl groups excluding tert-OH is 1. The van der Waals surface area contributed by atoms with Gasteiger partial charge in [-0.1, -0.05) is 25.2 Å². The van der Waals surface area contributed by atoms with Crippen molar-refractivity contribution in [1.82, 2.24) is 19.3 Å². The summed E-state index contributed by atoms with van der Waals surface area (Å²) in [5.41, 5.74) is 2.28. The average molecular weight is 465 g/mol. The third-order valence-corrected chi connectivity index (χ3v) is 8.38. The van der Waals surface area contributed by atoms with E-state index < -0.39 is 10.0 Å². The SMILES string of the molecule is COc1ccc(-c2c(C)nc3sc(C(C)C)nn23)cc1S(=O)(=O)N[C@H]1CC[C@@H](O)CC1. The van der Waals surface area contributed by atoms with Gasteiger partial charge in [0.15, 0.2) is 0 Å². The molecule has 1 aliphatic rings. The molecule has 10 heteroatoms. The Morgan fingerprint density at radius 2 is 1.97 bits per heavy atom. The molecule has 0 saturated heterocycles. The first-order chi connectivity index (χ1) is 14.7. The summed E-state index contributed by atoms with van der Waals surface area (Å²) in [6.45, 7) is 6.06. The van der Waals surface area contributed by atoms with Gasteiger partial charge < -0.3 is 9.84 Å². The van der Waals surface area contributed by atoms with Gasteiger partial charge in [-0.3, -0.25) is 0 Å². The van der Waals surface area contributed by atoms with Crippen LogP contribution in [0.3, 0.4) is 0 Å². The van der Waals surface area contributed by atoms with Gasteiger partial charge >= 0.3 is 0 Å². The predicted molar refractivity (Wildman–Crippen MR) is 120 cm³/mol. The summed E-state index contributed by atoms with van der Waals surface area (Å²) < 4.78 is 36.4. The number of fused-ring (bicyclic) bond motifs is 1. The van der Waals surface area contributed by atoms with Gasteiger partial charge in [-0.25, -0.2) is 22.6 Å². The molecule has 0 radical (unpaired) electrons. The highest BCUT2D eigenvalue weighted by Gasteiger charge is 2.28. The number of aromatic nitrogens is 3. The smallest absolute Gasteiger partial charge is 0.244 e. The first kappa shape index (κ1) is 22.2. The minimum absolute atomic E-state index is 0.0901. The van der Waals surface area contributed by atoms with Gasteiger partial charge in [-0.15, -0.1) is 0 Å². The van der Waals surface area contributed by atoms with Gasteiger partial charge in [0, 0.05) is 17.5 Å². The lowest BCUT2D eigenvalue weighted by molar-refractivity contribution is 0.120. The Kier molecular flexibility index (Phi) is 6.08. The zero-order valence-electron chi connectivity index (χ0n) is 18.1. The summed E-state index contributed by atoms with van der Waals surface area (Å²) in [4.78, 5) is 5.50. The number of aliphatic hydroxyl groups is 1. The summed E-state index contributed by atoms with van der Waals surface area (Å²) in [5.74, 6) is 0.566. The van der Waals surface area contributed by atoms with E-state index in [0.29, 0.717) is 31.2 Å². The van der Waals surface area contributed by atoms with Crippen LogP contribution in [0, 0.1) is 6.92 Å². The van der Waals surface area contributed by atoms with Crippen molar-refractivity contribution in [3.05, 3.63) is 28.9 Å². The molecule has 0 atom stereocenters. The number of benzene rings is 1. The number of hydrogen-bond acceptors (Lipinski definition) is 7. The van der Waals surface area contributed by atoms with Crippen LogP contribution in [0.5, 0.6) is 5.75 Å². The second kappa shape index (κ2) is 8.50. The van der Waals surface area contributed by atoms with Crippen LogP contribution < -0.4 is 9.46 Å². The van der Waals surface area contributed by atoms with Crippen molar-refractivity contribution in [2.75, 3.05) is 7.11 Å². The lowest BCUT2D eigenvalue weighted by atomic mass is 9.94. The van der Waals surface area contributed by atoms with Gasteiger partial charge in [0.2, 0.25) is 15.0 Å². The molecule has 4 rings (SSSR count). The van der Waals surface area contributed by atoms with Gasteiger partial charge in [-0.05, 0) is 50.8 Å². The van der Waals surface area contributed by atoms with E-state index in [-0.39, 0.29) is 28.7 Å². The molecule has 2 N–H and O–H groups in total. The fourth-order valence-corrected chi connectivity index (χ4v) is 6.39. The molecule has 0 bridgehead atoms. The molecule has 2 heterocycles. The monoisotopic (exact) mass is 464 g/mol. The Morgan fingerprint density at radius 1 is 1.26 bits per heavy atom. The zero-order valence-corrected chi connectivity index (χ0v) is 19.8. The third-order valence-electron chi connectivity index (χ3n) is 5.63. The second-order valence-electron chi connectivity index (χ2n) is 8.33. The van der Waals surface area contributed by atoms with Crippen molar-refractivity contribution >= 4 is 26.3 Å². The summed E-state index contributed by atoms with van der Waals surface area (Å²) in [6.07, 6.45) is 2.07. The average Bonchev–Trinajstić information content (AvgIpc) is 3.26. The first-order valence-corrected chi connectivity index (χ1v) is 12.7. The highest BCUT2D eigenvalue weighted by atomic mass is 32.2. The fraction of sp³-hybridized carbons (Fsp3) is 0.524. The highest BCUT2D eigenvalue weighted by molar-refractivity contribution is 7.89. The van der Waals surface area contributed by atoms with Crippen LogP contribution in [0.15, 0.2) is 23.1 Å². The number of hydrogen-bond donors (Lipinski definition) is 2. The number of methoxy groups -OCH3 is 1. The number of ether oxygens (including phenoxy) is 1. The molecule has 1 aliphatic carbocycles. The van der Waals surface area contributed by atoms with E-state index in [2.05, 4.69) is 23.6 Å². The summed E-state index contributed by atoms with van der Waals surface area (Å²) in [5, 5.41) is 15.4. The lowest BCUT2D eigenvalue weighted by Crippen LogP contribution is -2.38. The van der Waals surface area contributed by atoms with Crippen molar-refractivity contribution in [3.63, 3.8) is 0 Å². The predicted octanol–water partition coefficient (Wildman–Crippen LogP) is 3.48. The van der Waals surface area contributed by atoms with Gasteiger partial charge in [-0.2, -0.15) is 5.10 Å². The summed E-state index contributed by atoms with van der Waals surface area (Å²) >= 11 is 1.54. The number of rotatable bonds is 6. The molecule has 0 amide bonds. The maximum Gasteiger partial charge on any atom is 0.244 e. The van der Waals surface area contributed by atoms with Crippen molar-refractivity contribution in [3.8, 4) is 17.0 Å². The van der Waals surface area contributed by atoms with Crippen LogP contribution in [0.1, 0.15) is 56.2 Å². The molecule has 8 nitrogen and oxygen atoms in total. The molecule has 0 spiro atoms. The number of sulfonamides is 1. The van der Waals surface area contributed by atoms with E-state index in [1.54, 1.807) is 28.0 Å². The normalized spacial score (nSPS) is 19.9. The molecule has 3 aromatic rings. The number of nitrogens with zero attached hydrogens (tertiary/aromatic N) is 3. The van der Waals surface area contributed by atoms with Crippen LogP contribution in [0.4, 0.5) is 0 Å². The molecule has 1 fully saturated rings. The zero-order chi connectivity index (χ0) is 22.3. The largest absolute Gasteiger partial charge is 0.495 e. The third kappa shape index (κ3) is 4.34. The summed E-state index contributed by atoms with van der Waals surface area (Å²) in [6, 6.07) is 4.93. The van der Waals surface area contributed by atoms with Crippen molar-refractivity contribution < 1.29 is 18.3 Å².